The van der Waals surface area contributed by atoms with Crippen LogP contribution < -0.4 is 5.32 Å². The lowest BCUT2D eigenvalue weighted by Gasteiger charge is -2.31. The first-order valence-electron chi connectivity index (χ1n) is 7.71. The number of carbonyl (C=O) groups excluding carboxylic acids is 1. The van der Waals surface area contributed by atoms with Crippen LogP contribution in [0.25, 0.3) is 21.3 Å². The number of hydrogen-bond donors (Lipinski definition) is 3. The van der Waals surface area contributed by atoms with Gasteiger partial charge >= 0.3 is 5.97 Å². The summed E-state index contributed by atoms with van der Waals surface area (Å²) >= 11 is 0. The van der Waals surface area contributed by atoms with Gasteiger partial charge in [-0.05, 0) is 30.0 Å². The molecule has 3 N–H and O–H groups in total. The Bertz CT molecular complexity index is 818. The summed E-state index contributed by atoms with van der Waals surface area (Å²) in [6.45, 7) is 0. The van der Waals surface area contributed by atoms with Crippen molar-refractivity contribution in [3.8, 4) is 0 Å². The number of rotatable bonds is 6. The van der Waals surface area contributed by atoms with Crippen molar-refractivity contribution in [3.05, 3.63) is 46.5 Å². The van der Waals surface area contributed by atoms with E-state index >= 15 is 0 Å². The van der Waals surface area contributed by atoms with E-state index in [9.17, 15) is 14.7 Å². The summed E-state index contributed by atoms with van der Waals surface area (Å²) in [6, 6.07) is 6.46. The molecule has 1 saturated carbocycles. The van der Waals surface area contributed by atoms with Gasteiger partial charge in [-0.15, -0.1) is 0 Å². The predicted molar refractivity (Wildman–Crippen MR) is 87.2 cm³/mol. The molecule has 1 aliphatic carbocycles. The lowest BCUT2D eigenvalue weighted by molar-refractivity contribution is -0.143. The normalized spacial score (nSPS) is 20.7. The zero-order chi connectivity index (χ0) is 17.1. The molecule has 1 heterocycles. The number of azide groups is 1. The highest BCUT2D eigenvalue weighted by atomic mass is 16.4. The lowest BCUT2D eigenvalue weighted by atomic mass is 9.80. The smallest absolute Gasteiger partial charge is 0.326 e. The van der Waals surface area contributed by atoms with Gasteiger partial charge in [-0.25, -0.2) is 4.79 Å². The Kier molecular flexibility index (Phi) is 4.39. The number of fused-ring (bicyclic) bond motifs is 1. The van der Waals surface area contributed by atoms with Crippen LogP contribution in [0.15, 0.2) is 35.6 Å². The largest absolute Gasteiger partial charge is 0.480 e. The van der Waals surface area contributed by atoms with E-state index in [1.165, 1.54) is 0 Å². The number of H-pyrrole nitrogens is 1. The van der Waals surface area contributed by atoms with E-state index in [4.69, 9.17) is 5.53 Å². The minimum Gasteiger partial charge on any atom is -0.480 e. The third-order valence-corrected chi connectivity index (χ3v) is 4.41. The molecule has 0 radical (unpaired) electrons. The van der Waals surface area contributed by atoms with Crippen LogP contribution >= 0.6 is 0 Å². The summed E-state index contributed by atoms with van der Waals surface area (Å²) in [7, 11) is 0. The molecule has 8 nitrogen and oxygen atoms in total. The number of benzene rings is 1. The van der Waals surface area contributed by atoms with Crippen molar-refractivity contribution in [1.82, 2.24) is 10.3 Å². The molecule has 0 spiro atoms. The molecule has 8 heteroatoms. The molecular weight excluding hydrogens is 310 g/mol. The maximum Gasteiger partial charge on any atom is 0.326 e. The Labute approximate surface area is 137 Å². The lowest BCUT2D eigenvalue weighted by Crippen LogP contribution is -2.48. The van der Waals surface area contributed by atoms with E-state index < -0.39 is 12.0 Å². The highest BCUT2D eigenvalue weighted by molar-refractivity contribution is 5.87. The fourth-order valence-electron chi connectivity index (χ4n) is 2.98. The van der Waals surface area contributed by atoms with Crippen LogP contribution in [-0.2, 0) is 16.0 Å². The predicted octanol–water partition coefficient (Wildman–Crippen LogP) is 2.37. The molecule has 2 aromatic rings. The van der Waals surface area contributed by atoms with Gasteiger partial charge in [-0.3, -0.25) is 4.79 Å². The number of para-hydroxylation sites is 1. The van der Waals surface area contributed by atoms with E-state index in [-0.39, 0.29) is 24.3 Å². The number of aliphatic carboxylic acids is 1. The Balaban J connectivity index is 1.66. The number of aromatic amines is 1. The van der Waals surface area contributed by atoms with E-state index in [1.54, 1.807) is 6.20 Å². The van der Waals surface area contributed by atoms with Crippen LogP contribution in [-0.4, -0.2) is 34.1 Å². The van der Waals surface area contributed by atoms with Crippen LogP contribution in [0, 0.1) is 5.92 Å². The molecule has 0 bridgehead atoms. The van der Waals surface area contributed by atoms with Crippen molar-refractivity contribution in [2.75, 3.05) is 0 Å². The SMILES string of the molecule is [N-]=[N+]=NC1CC(C(=O)NC(Cc2c[nH]c3ccccc23)C(=O)O)C1. The molecule has 0 aliphatic heterocycles. The summed E-state index contributed by atoms with van der Waals surface area (Å²) in [4.78, 5) is 29.5. The first kappa shape index (κ1) is 15.9. The molecule has 1 aliphatic rings. The summed E-state index contributed by atoms with van der Waals surface area (Å²) in [5.41, 5.74) is 10.1. The van der Waals surface area contributed by atoms with Crippen LogP contribution in [0.4, 0.5) is 0 Å². The summed E-state index contributed by atoms with van der Waals surface area (Å²) in [6.07, 6.45) is 2.91. The molecular formula is C16H17N5O3. The fraction of sp³-hybridized carbons (Fsp3) is 0.375. The second-order valence-corrected chi connectivity index (χ2v) is 5.99. The van der Waals surface area contributed by atoms with Crippen LogP contribution in [0.2, 0.25) is 0 Å². The third kappa shape index (κ3) is 3.18. The number of nitrogens with one attached hydrogen (secondary N) is 2. The maximum atomic E-state index is 12.2. The monoisotopic (exact) mass is 327 g/mol. The van der Waals surface area contributed by atoms with Gasteiger partial charge < -0.3 is 15.4 Å². The highest BCUT2D eigenvalue weighted by Gasteiger charge is 2.35. The zero-order valence-electron chi connectivity index (χ0n) is 12.8. The topological polar surface area (TPSA) is 131 Å². The Hall–Kier alpha value is -2.99. The van der Waals surface area contributed by atoms with Crippen molar-refractivity contribution < 1.29 is 14.7 Å². The number of nitrogens with zero attached hydrogens (tertiary/aromatic N) is 3. The fourth-order valence-corrected chi connectivity index (χ4v) is 2.98. The maximum absolute atomic E-state index is 12.2. The quantitative estimate of drug-likeness (QED) is 0.427. The van der Waals surface area contributed by atoms with Gasteiger partial charge in [-0.1, -0.05) is 23.3 Å². The van der Waals surface area contributed by atoms with Gasteiger partial charge in [0.25, 0.3) is 0 Å². The Morgan fingerprint density at radius 1 is 1.42 bits per heavy atom. The number of carbonyl (C=O) groups is 2. The van der Waals surface area contributed by atoms with Crippen molar-refractivity contribution in [2.45, 2.75) is 31.3 Å². The summed E-state index contributed by atoms with van der Waals surface area (Å²) in [5.74, 6) is -1.66. The van der Waals surface area contributed by atoms with E-state index in [2.05, 4.69) is 20.3 Å². The molecule has 24 heavy (non-hydrogen) atoms. The molecule has 1 unspecified atom stereocenters. The van der Waals surface area contributed by atoms with Gasteiger partial charge in [0.2, 0.25) is 5.91 Å². The van der Waals surface area contributed by atoms with Gasteiger partial charge in [0.1, 0.15) is 6.04 Å². The molecule has 1 aromatic carbocycles. The van der Waals surface area contributed by atoms with Gasteiger partial charge in [0.05, 0.1) is 0 Å². The first-order valence-corrected chi connectivity index (χ1v) is 7.71. The third-order valence-electron chi connectivity index (χ3n) is 4.41. The highest BCUT2D eigenvalue weighted by Crippen LogP contribution is 2.30. The van der Waals surface area contributed by atoms with Crippen molar-refractivity contribution >= 4 is 22.8 Å². The van der Waals surface area contributed by atoms with Crippen molar-refractivity contribution in [3.63, 3.8) is 0 Å². The number of amides is 1. The average Bonchev–Trinajstić information content (AvgIpc) is 2.93. The second kappa shape index (κ2) is 6.64. The van der Waals surface area contributed by atoms with E-state index in [0.717, 1.165) is 16.5 Å². The molecule has 0 saturated heterocycles. The minimum atomic E-state index is -1.07. The molecule has 1 aromatic heterocycles. The first-order chi connectivity index (χ1) is 11.6. The van der Waals surface area contributed by atoms with Crippen LogP contribution in [0.1, 0.15) is 18.4 Å². The van der Waals surface area contributed by atoms with Crippen LogP contribution in [0.3, 0.4) is 0 Å². The Morgan fingerprint density at radius 3 is 2.88 bits per heavy atom. The molecule has 124 valence electrons. The standard InChI is InChI=1S/C16H17N5O3/c17-21-20-11-5-9(6-11)15(22)19-14(16(23)24)7-10-8-18-13-4-2-1-3-12(10)13/h1-4,8-9,11,14,18H,5-7H2,(H,19,22)(H,23,24). The van der Waals surface area contributed by atoms with Crippen molar-refractivity contribution in [1.29, 1.82) is 0 Å². The molecule has 1 atom stereocenters. The van der Waals surface area contributed by atoms with E-state index in [1.807, 2.05) is 24.3 Å². The van der Waals surface area contributed by atoms with Crippen LogP contribution in [0.5, 0.6) is 0 Å². The van der Waals surface area contributed by atoms with Gasteiger partial charge in [0.15, 0.2) is 0 Å². The Morgan fingerprint density at radius 2 is 2.17 bits per heavy atom. The zero-order valence-corrected chi connectivity index (χ0v) is 12.8. The van der Waals surface area contributed by atoms with Gasteiger partial charge in [-0.2, -0.15) is 0 Å². The average molecular weight is 327 g/mol. The summed E-state index contributed by atoms with van der Waals surface area (Å²) in [5, 5.41) is 16.5. The number of carboxylic acid groups (broad SMARTS) is 1. The minimum absolute atomic E-state index is 0.164. The molecule has 3 rings (SSSR count). The van der Waals surface area contributed by atoms with Crippen molar-refractivity contribution in [2.24, 2.45) is 11.0 Å². The second-order valence-electron chi connectivity index (χ2n) is 5.99. The molecule has 1 amide bonds. The number of hydrogen-bond acceptors (Lipinski definition) is 3. The number of aromatic nitrogens is 1. The summed E-state index contributed by atoms with van der Waals surface area (Å²) < 4.78 is 0. The van der Waals surface area contributed by atoms with E-state index in [0.29, 0.717) is 12.8 Å². The molecule has 1 fully saturated rings. The number of carboxylic acids is 1. The van der Waals surface area contributed by atoms with Gasteiger partial charge in [0, 0.05) is 40.4 Å².